The monoisotopic (exact) mass is 302 g/mol. The lowest BCUT2D eigenvalue weighted by Crippen LogP contribution is -2.55. The van der Waals surface area contributed by atoms with Crippen LogP contribution >= 0.6 is 24.0 Å². The number of hydrogen-bond acceptors (Lipinski definition) is 5. The van der Waals surface area contributed by atoms with Gasteiger partial charge in [-0.1, -0.05) is 11.8 Å². The van der Waals surface area contributed by atoms with Gasteiger partial charge in [-0.05, 0) is 64.1 Å². The van der Waals surface area contributed by atoms with Crippen molar-refractivity contribution in [2.45, 2.75) is 56.8 Å². The predicted molar refractivity (Wildman–Crippen MR) is 81.3 cm³/mol. The molecular weight excluding hydrogens is 280 g/mol. The number of hydrogen-bond donors (Lipinski definition) is 1. The van der Waals surface area contributed by atoms with Crippen molar-refractivity contribution in [1.29, 1.82) is 0 Å². The molecule has 19 heavy (non-hydrogen) atoms. The Morgan fingerprint density at radius 3 is 2.84 bits per heavy atom. The summed E-state index contributed by atoms with van der Waals surface area (Å²) in [6.45, 7) is 6.37. The Kier molecular flexibility index (Phi) is 4.29. The van der Waals surface area contributed by atoms with E-state index >= 15 is 0 Å². The summed E-state index contributed by atoms with van der Waals surface area (Å²) in [6.07, 6.45) is 3.23. The molecule has 2 rings (SSSR count). The number of carbonyl (C=O) groups is 1. The van der Waals surface area contributed by atoms with E-state index in [0.717, 1.165) is 19.3 Å². The Bertz CT molecular complexity index is 394. The highest BCUT2D eigenvalue weighted by atomic mass is 32.2. The minimum absolute atomic E-state index is 0.0115. The molecule has 0 aromatic heterocycles. The second-order valence-corrected chi connectivity index (χ2v) is 8.18. The third-order valence-corrected chi connectivity index (χ3v) is 6.45. The van der Waals surface area contributed by atoms with E-state index in [1.54, 1.807) is 18.7 Å². The summed E-state index contributed by atoms with van der Waals surface area (Å²) >= 11 is 6.83. The number of fused-ring (bicyclic) bond motifs is 2. The van der Waals surface area contributed by atoms with E-state index in [1.807, 2.05) is 6.92 Å². The molecule has 2 fully saturated rings. The second-order valence-electron chi connectivity index (χ2n) is 6.04. The van der Waals surface area contributed by atoms with Crippen molar-refractivity contribution in [3.8, 4) is 0 Å². The summed E-state index contributed by atoms with van der Waals surface area (Å²) in [6, 6.07) is 0. The quantitative estimate of drug-likeness (QED) is 0.795. The van der Waals surface area contributed by atoms with Gasteiger partial charge in [0.05, 0.1) is 6.61 Å². The van der Waals surface area contributed by atoms with Gasteiger partial charge in [0, 0.05) is 11.2 Å². The molecule has 0 saturated heterocycles. The SMILES string of the molecule is CCOC(=S)S[C@]1(C)CC[C@@H]2C[C@H]1CC(=O)C2(C)O. The van der Waals surface area contributed by atoms with Crippen molar-refractivity contribution in [3.63, 3.8) is 0 Å². The van der Waals surface area contributed by atoms with Crippen LogP contribution in [0, 0.1) is 11.8 Å². The zero-order valence-corrected chi connectivity index (χ0v) is 13.4. The summed E-state index contributed by atoms with van der Waals surface area (Å²) in [4.78, 5) is 12.1. The predicted octanol–water partition coefficient (Wildman–Crippen LogP) is 2.94. The smallest absolute Gasteiger partial charge is 0.220 e. The molecule has 0 aromatic rings. The molecule has 2 aliphatic carbocycles. The Labute approximate surface area is 124 Å². The van der Waals surface area contributed by atoms with Crippen LogP contribution in [0.3, 0.4) is 0 Å². The van der Waals surface area contributed by atoms with Gasteiger partial charge >= 0.3 is 0 Å². The van der Waals surface area contributed by atoms with Crippen molar-refractivity contribution in [1.82, 2.24) is 0 Å². The largest absolute Gasteiger partial charge is 0.479 e. The number of carbonyl (C=O) groups excluding carboxylic acids is 1. The van der Waals surface area contributed by atoms with Gasteiger partial charge in [-0.2, -0.15) is 0 Å². The summed E-state index contributed by atoms with van der Waals surface area (Å²) < 4.78 is 5.92. The Hall–Kier alpha value is -0.130. The van der Waals surface area contributed by atoms with Crippen molar-refractivity contribution in [3.05, 3.63) is 0 Å². The molecule has 0 amide bonds. The van der Waals surface area contributed by atoms with Crippen molar-refractivity contribution < 1.29 is 14.6 Å². The first-order valence-corrected chi connectivity index (χ1v) is 8.13. The van der Waals surface area contributed by atoms with Crippen molar-refractivity contribution >= 4 is 34.1 Å². The molecule has 5 heteroatoms. The minimum Gasteiger partial charge on any atom is -0.479 e. The van der Waals surface area contributed by atoms with Gasteiger partial charge in [-0.15, -0.1) is 0 Å². The molecule has 3 nitrogen and oxygen atoms in total. The highest BCUT2D eigenvalue weighted by Gasteiger charge is 2.53. The van der Waals surface area contributed by atoms with Gasteiger partial charge in [0.2, 0.25) is 4.38 Å². The highest BCUT2D eigenvalue weighted by molar-refractivity contribution is 8.23. The van der Waals surface area contributed by atoms with E-state index in [1.165, 1.54) is 0 Å². The van der Waals surface area contributed by atoms with Crippen LogP contribution in [0.1, 0.15) is 46.5 Å². The van der Waals surface area contributed by atoms with Crippen molar-refractivity contribution in [2.24, 2.45) is 11.8 Å². The van der Waals surface area contributed by atoms with E-state index < -0.39 is 5.60 Å². The second kappa shape index (κ2) is 5.34. The molecule has 2 saturated carbocycles. The molecule has 0 radical (unpaired) electrons. The number of Topliss-reactive ketones (excluding diaryl/α,β-unsaturated/α-hetero) is 1. The fraction of sp³-hybridized carbons (Fsp3) is 0.857. The maximum atomic E-state index is 12.1. The van der Waals surface area contributed by atoms with E-state index in [0.29, 0.717) is 23.3 Å². The van der Waals surface area contributed by atoms with E-state index in [9.17, 15) is 9.90 Å². The molecule has 108 valence electrons. The maximum absolute atomic E-state index is 12.1. The zero-order valence-electron chi connectivity index (χ0n) is 11.8. The molecule has 0 aliphatic heterocycles. The Morgan fingerprint density at radius 2 is 2.21 bits per heavy atom. The number of aliphatic hydroxyl groups is 1. The van der Waals surface area contributed by atoms with Gasteiger partial charge in [-0.25, -0.2) is 0 Å². The molecule has 0 heterocycles. The standard InChI is InChI=1S/C14H22O3S2/c1-4-17-12(18)19-13(2)6-5-9-7-10(13)8-11(15)14(9,3)16/h9-10,16H,4-8H2,1-3H3/t9-,10+,13-,14?/m1/s1. The number of thiocarbonyl (C=S) groups is 1. The first kappa shape index (κ1) is 15.3. The minimum atomic E-state index is -1.12. The van der Waals surface area contributed by atoms with Gasteiger partial charge in [0.25, 0.3) is 0 Å². The molecule has 4 atom stereocenters. The van der Waals surface area contributed by atoms with Gasteiger partial charge in [0.1, 0.15) is 5.60 Å². The summed E-state index contributed by atoms with van der Waals surface area (Å²) in [7, 11) is 0. The maximum Gasteiger partial charge on any atom is 0.220 e. The molecule has 0 aromatic carbocycles. The zero-order chi connectivity index (χ0) is 14.3. The van der Waals surface area contributed by atoms with Crippen LogP contribution in [0.5, 0.6) is 0 Å². The van der Waals surface area contributed by atoms with Gasteiger partial charge in [-0.3, -0.25) is 4.79 Å². The van der Waals surface area contributed by atoms with Crippen LogP contribution in [0.25, 0.3) is 0 Å². The lowest BCUT2D eigenvalue weighted by atomic mass is 9.61. The molecule has 1 N–H and O–H groups in total. The van der Waals surface area contributed by atoms with Crippen LogP contribution in [0.15, 0.2) is 0 Å². The number of thioether (sulfide) groups is 1. The van der Waals surface area contributed by atoms with Gasteiger partial charge in [0.15, 0.2) is 5.78 Å². The molecule has 2 bridgehead atoms. The van der Waals surface area contributed by atoms with Crippen LogP contribution in [-0.4, -0.2) is 32.2 Å². The van der Waals surface area contributed by atoms with Gasteiger partial charge < -0.3 is 9.84 Å². The first-order chi connectivity index (χ1) is 8.79. The number of ketones is 1. The van der Waals surface area contributed by atoms with Crippen LogP contribution in [0.2, 0.25) is 0 Å². The highest BCUT2D eigenvalue weighted by Crippen LogP contribution is 2.53. The summed E-state index contributed by atoms with van der Waals surface area (Å²) in [5, 5.41) is 10.3. The molecular formula is C14H22O3S2. The molecule has 1 unspecified atom stereocenters. The van der Waals surface area contributed by atoms with Crippen molar-refractivity contribution in [2.75, 3.05) is 6.61 Å². The topological polar surface area (TPSA) is 46.5 Å². The third kappa shape index (κ3) is 2.83. The third-order valence-electron chi connectivity index (χ3n) is 4.79. The average molecular weight is 302 g/mol. The van der Waals surface area contributed by atoms with Crippen LogP contribution in [-0.2, 0) is 9.53 Å². The fourth-order valence-corrected chi connectivity index (χ4v) is 5.13. The summed E-state index contributed by atoms with van der Waals surface area (Å²) in [5.41, 5.74) is -1.12. The van der Waals surface area contributed by atoms with Crippen LogP contribution in [0.4, 0.5) is 0 Å². The number of rotatable bonds is 2. The summed E-state index contributed by atoms with van der Waals surface area (Å²) in [5.74, 6) is 0.387. The fourth-order valence-electron chi connectivity index (χ4n) is 3.32. The van der Waals surface area contributed by atoms with E-state index in [2.05, 4.69) is 6.92 Å². The Morgan fingerprint density at radius 1 is 1.53 bits per heavy atom. The van der Waals surface area contributed by atoms with E-state index in [4.69, 9.17) is 17.0 Å². The van der Waals surface area contributed by atoms with Crippen LogP contribution < -0.4 is 0 Å². The first-order valence-electron chi connectivity index (χ1n) is 6.91. The van der Waals surface area contributed by atoms with E-state index in [-0.39, 0.29) is 16.4 Å². The lowest BCUT2D eigenvalue weighted by molar-refractivity contribution is -0.152. The molecule has 2 aliphatic rings. The molecule has 0 spiro atoms. The lowest BCUT2D eigenvalue weighted by Gasteiger charge is -2.51. The Balaban J connectivity index is 2.11. The normalized spacial score (nSPS) is 42.0. The average Bonchev–Trinajstić information content (AvgIpc) is 2.30. The number of ether oxygens (including phenoxy) is 1.